The Hall–Kier alpha value is -1.61. The van der Waals surface area contributed by atoms with E-state index in [1.54, 1.807) is 6.07 Å². The highest BCUT2D eigenvalue weighted by Gasteiger charge is 2.40. The van der Waals surface area contributed by atoms with Crippen LogP contribution >= 0.6 is 0 Å². The van der Waals surface area contributed by atoms with Gasteiger partial charge in [0.05, 0.1) is 0 Å². The van der Waals surface area contributed by atoms with Gasteiger partial charge >= 0.3 is 0 Å². The molecule has 0 saturated heterocycles. The third-order valence-electron chi connectivity index (χ3n) is 4.17. The predicted molar refractivity (Wildman–Crippen MR) is 73.1 cm³/mol. The molecule has 1 N–H and O–H groups in total. The summed E-state index contributed by atoms with van der Waals surface area (Å²) in [7, 11) is 0. The van der Waals surface area contributed by atoms with Gasteiger partial charge in [0.1, 0.15) is 11.2 Å². The minimum absolute atomic E-state index is 0.268. The maximum Gasteiger partial charge on any atom is 0.229 e. The molecule has 19 heavy (non-hydrogen) atoms. The van der Waals surface area contributed by atoms with Crippen LogP contribution in [0.4, 0.5) is 0 Å². The maximum absolute atomic E-state index is 12.5. The first-order valence-electron chi connectivity index (χ1n) is 6.84. The quantitative estimate of drug-likeness (QED) is 0.838. The van der Waals surface area contributed by atoms with E-state index in [2.05, 4.69) is 6.92 Å². The van der Waals surface area contributed by atoms with Crippen LogP contribution in [0.15, 0.2) is 34.7 Å². The molecule has 3 heteroatoms. The monoisotopic (exact) mass is 258 g/mol. The fourth-order valence-corrected chi connectivity index (χ4v) is 2.79. The largest absolute Gasteiger partial charge is 0.453 e. The summed E-state index contributed by atoms with van der Waals surface area (Å²) in [6, 6.07) is 9.25. The number of hydrogen-bond donors (Lipinski definition) is 1. The molecule has 1 saturated carbocycles. The molecule has 0 bridgehead atoms. The SMILES string of the molecule is CC1CCC(O)(C(=O)c2cc3ccccc3o2)CC1. The number of fused-ring (bicyclic) bond motifs is 1. The van der Waals surface area contributed by atoms with E-state index in [-0.39, 0.29) is 11.5 Å². The van der Waals surface area contributed by atoms with Crippen molar-refractivity contribution in [2.75, 3.05) is 0 Å². The van der Waals surface area contributed by atoms with Crippen LogP contribution in [0.3, 0.4) is 0 Å². The molecule has 0 atom stereocenters. The van der Waals surface area contributed by atoms with E-state index in [0.717, 1.165) is 18.2 Å². The van der Waals surface area contributed by atoms with Gasteiger partial charge in [-0.3, -0.25) is 4.79 Å². The molecule has 1 aromatic heterocycles. The van der Waals surface area contributed by atoms with Crippen LogP contribution in [-0.4, -0.2) is 16.5 Å². The average molecular weight is 258 g/mol. The van der Waals surface area contributed by atoms with Crippen molar-refractivity contribution in [1.29, 1.82) is 0 Å². The van der Waals surface area contributed by atoms with E-state index in [0.29, 0.717) is 24.3 Å². The molecule has 3 nitrogen and oxygen atoms in total. The Bertz CT molecular complexity index is 570. The van der Waals surface area contributed by atoms with Gasteiger partial charge in [-0.25, -0.2) is 0 Å². The highest BCUT2D eigenvalue weighted by atomic mass is 16.4. The molecule has 0 aliphatic heterocycles. The van der Waals surface area contributed by atoms with Crippen LogP contribution in [0.25, 0.3) is 11.0 Å². The molecule has 2 aromatic rings. The molecular weight excluding hydrogens is 240 g/mol. The fourth-order valence-electron chi connectivity index (χ4n) is 2.79. The lowest BCUT2D eigenvalue weighted by Crippen LogP contribution is -2.41. The summed E-state index contributed by atoms with van der Waals surface area (Å²) in [5, 5.41) is 11.4. The molecule has 1 aromatic carbocycles. The third-order valence-corrected chi connectivity index (χ3v) is 4.17. The molecule has 0 radical (unpaired) electrons. The molecule has 1 heterocycles. The summed E-state index contributed by atoms with van der Waals surface area (Å²) >= 11 is 0. The van der Waals surface area contributed by atoms with Gasteiger partial charge in [-0.05, 0) is 43.7 Å². The van der Waals surface area contributed by atoms with Crippen molar-refractivity contribution in [3.8, 4) is 0 Å². The zero-order valence-electron chi connectivity index (χ0n) is 11.1. The van der Waals surface area contributed by atoms with Gasteiger partial charge in [0.25, 0.3) is 0 Å². The normalized spacial score (nSPS) is 27.6. The zero-order valence-corrected chi connectivity index (χ0v) is 11.1. The fraction of sp³-hybridized carbons (Fsp3) is 0.438. The lowest BCUT2D eigenvalue weighted by molar-refractivity contribution is 0.00223. The number of ketones is 1. The lowest BCUT2D eigenvalue weighted by Gasteiger charge is -2.32. The summed E-state index contributed by atoms with van der Waals surface area (Å²) in [5.74, 6) is 0.595. The van der Waals surface area contributed by atoms with E-state index >= 15 is 0 Å². The topological polar surface area (TPSA) is 50.4 Å². The van der Waals surface area contributed by atoms with E-state index in [1.165, 1.54) is 0 Å². The standard InChI is InChI=1S/C16H18O3/c1-11-6-8-16(18,9-7-11)15(17)14-10-12-4-2-3-5-13(12)19-14/h2-5,10-11,18H,6-9H2,1H3. The van der Waals surface area contributed by atoms with Crippen molar-refractivity contribution in [2.45, 2.75) is 38.2 Å². The predicted octanol–water partition coefficient (Wildman–Crippen LogP) is 3.56. The number of rotatable bonds is 2. The molecule has 1 aliphatic carbocycles. The number of furan rings is 1. The van der Waals surface area contributed by atoms with Crippen LogP contribution in [-0.2, 0) is 0 Å². The van der Waals surface area contributed by atoms with Crippen molar-refractivity contribution >= 4 is 16.8 Å². The van der Waals surface area contributed by atoms with Gasteiger partial charge in [0.15, 0.2) is 5.76 Å². The summed E-state index contributed by atoms with van der Waals surface area (Å²) in [6.07, 6.45) is 2.85. The summed E-state index contributed by atoms with van der Waals surface area (Å²) < 4.78 is 5.57. The number of carbonyl (C=O) groups is 1. The van der Waals surface area contributed by atoms with Crippen LogP contribution in [0.2, 0.25) is 0 Å². The van der Waals surface area contributed by atoms with Crippen LogP contribution in [0.5, 0.6) is 0 Å². The van der Waals surface area contributed by atoms with Crippen molar-refractivity contribution in [3.63, 3.8) is 0 Å². The highest BCUT2D eigenvalue weighted by Crippen LogP contribution is 2.35. The second-order valence-electron chi connectivity index (χ2n) is 5.69. The number of para-hydroxylation sites is 1. The number of hydrogen-bond acceptors (Lipinski definition) is 3. The summed E-state index contributed by atoms with van der Waals surface area (Å²) in [5.41, 5.74) is -0.543. The molecule has 3 rings (SSSR count). The second kappa shape index (κ2) is 4.49. The Morgan fingerprint density at radius 1 is 1.32 bits per heavy atom. The molecule has 0 amide bonds. The van der Waals surface area contributed by atoms with Crippen molar-refractivity contribution < 1.29 is 14.3 Å². The minimum atomic E-state index is -1.24. The first-order chi connectivity index (χ1) is 9.08. The van der Waals surface area contributed by atoms with E-state index in [9.17, 15) is 9.90 Å². The van der Waals surface area contributed by atoms with Crippen LogP contribution in [0, 0.1) is 5.92 Å². The average Bonchev–Trinajstić information content (AvgIpc) is 2.85. The Kier molecular flexibility index (Phi) is 2.94. The number of carbonyl (C=O) groups excluding carboxylic acids is 1. The molecule has 1 aliphatic rings. The van der Waals surface area contributed by atoms with Gasteiger partial charge < -0.3 is 9.52 Å². The second-order valence-corrected chi connectivity index (χ2v) is 5.69. The van der Waals surface area contributed by atoms with E-state index < -0.39 is 5.60 Å². The van der Waals surface area contributed by atoms with Crippen molar-refractivity contribution in [2.24, 2.45) is 5.92 Å². The zero-order chi connectivity index (χ0) is 13.5. The van der Waals surface area contributed by atoms with Gasteiger partial charge in [-0.15, -0.1) is 0 Å². The van der Waals surface area contributed by atoms with Crippen molar-refractivity contribution in [3.05, 3.63) is 36.1 Å². The van der Waals surface area contributed by atoms with Crippen LogP contribution in [0.1, 0.15) is 43.2 Å². The molecule has 1 fully saturated rings. The Balaban J connectivity index is 1.90. The lowest BCUT2D eigenvalue weighted by atomic mass is 9.77. The van der Waals surface area contributed by atoms with Gasteiger partial charge in [-0.1, -0.05) is 25.1 Å². The van der Waals surface area contributed by atoms with E-state index in [4.69, 9.17) is 4.42 Å². The highest BCUT2D eigenvalue weighted by molar-refractivity contribution is 6.02. The van der Waals surface area contributed by atoms with Gasteiger partial charge in [0.2, 0.25) is 5.78 Å². The van der Waals surface area contributed by atoms with Crippen LogP contribution < -0.4 is 0 Å². The molecule has 100 valence electrons. The molecule has 0 unspecified atom stereocenters. The van der Waals surface area contributed by atoms with Crippen molar-refractivity contribution in [1.82, 2.24) is 0 Å². The Labute approximate surface area is 112 Å². The third kappa shape index (κ3) is 2.19. The van der Waals surface area contributed by atoms with Gasteiger partial charge in [-0.2, -0.15) is 0 Å². The Morgan fingerprint density at radius 3 is 2.68 bits per heavy atom. The Morgan fingerprint density at radius 2 is 2.00 bits per heavy atom. The summed E-state index contributed by atoms with van der Waals surface area (Å²) in [4.78, 5) is 12.5. The number of Topliss-reactive ketones (excluding diaryl/α,β-unsaturated/α-hetero) is 1. The van der Waals surface area contributed by atoms with Gasteiger partial charge in [0, 0.05) is 5.39 Å². The summed E-state index contributed by atoms with van der Waals surface area (Å²) in [6.45, 7) is 2.16. The number of aliphatic hydroxyl groups is 1. The smallest absolute Gasteiger partial charge is 0.229 e. The maximum atomic E-state index is 12.5. The first-order valence-corrected chi connectivity index (χ1v) is 6.84. The first kappa shape index (κ1) is 12.4. The molecule has 0 spiro atoms. The minimum Gasteiger partial charge on any atom is -0.453 e. The number of benzene rings is 1. The molecular formula is C16H18O3. The van der Waals surface area contributed by atoms with E-state index in [1.807, 2.05) is 24.3 Å².